The Kier molecular flexibility index (Phi) is 2.87. The number of hydrogen-bond acceptors (Lipinski definition) is 2. The summed E-state index contributed by atoms with van der Waals surface area (Å²) in [5, 5.41) is 1.11. The molecular weight excluding hydrogens is 204 g/mol. The molecule has 0 aliphatic rings. The molecule has 2 heteroatoms. The second kappa shape index (κ2) is 4.15. The molecule has 0 aliphatic carbocycles. The van der Waals surface area contributed by atoms with Crippen LogP contribution < -0.4 is 0 Å². The molecule has 0 radical (unpaired) electrons. The number of rotatable bonds is 2. The normalized spacial score (nSPS) is 11.7. The van der Waals surface area contributed by atoms with E-state index in [1.54, 1.807) is 0 Å². The average molecular weight is 218 g/mol. The fourth-order valence-electron chi connectivity index (χ4n) is 1.71. The van der Waals surface area contributed by atoms with Gasteiger partial charge in [0.2, 0.25) is 0 Å². The van der Waals surface area contributed by atoms with Crippen molar-refractivity contribution in [2.75, 3.05) is 0 Å². The van der Waals surface area contributed by atoms with Gasteiger partial charge in [0.1, 0.15) is 11.3 Å². The number of aryl methyl sites for hydroxylation is 1. The lowest BCUT2D eigenvalue weighted by atomic mass is 10.1. The van der Waals surface area contributed by atoms with Gasteiger partial charge in [0.25, 0.3) is 0 Å². The Balaban J connectivity index is 2.71. The third-order valence-electron chi connectivity index (χ3n) is 2.44. The summed E-state index contributed by atoms with van der Waals surface area (Å²) in [6.07, 6.45) is 5.28. The lowest BCUT2D eigenvalue weighted by Gasteiger charge is -1.95. The fraction of sp³-hybridized carbons (Fsp3) is 0.231. The number of benzene rings is 1. The summed E-state index contributed by atoms with van der Waals surface area (Å²) < 4.78 is 5.68. The quantitative estimate of drug-likeness (QED) is 0.735. The van der Waals surface area contributed by atoms with Crippen LogP contribution in [0.5, 0.6) is 0 Å². The van der Waals surface area contributed by atoms with Gasteiger partial charge in [0.15, 0.2) is 0 Å². The fourth-order valence-corrected chi connectivity index (χ4v) is 2.02. The third-order valence-corrected chi connectivity index (χ3v) is 2.81. The van der Waals surface area contributed by atoms with Crippen molar-refractivity contribution in [2.45, 2.75) is 25.2 Å². The van der Waals surface area contributed by atoms with Gasteiger partial charge in [-0.2, -0.15) is 0 Å². The zero-order valence-corrected chi connectivity index (χ0v) is 9.84. The van der Waals surface area contributed by atoms with E-state index in [4.69, 9.17) is 4.42 Å². The van der Waals surface area contributed by atoms with Crippen molar-refractivity contribution in [2.24, 2.45) is 0 Å². The Labute approximate surface area is 95.2 Å². The SMILES string of the molecule is CC/C=C\c1c(C)oc2cccc(S)c12. The van der Waals surface area contributed by atoms with Gasteiger partial charge in [-0.25, -0.2) is 0 Å². The standard InChI is InChI=1S/C13H14OS/c1-3-4-6-10-9(2)14-11-7-5-8-12(15)13(10)11/h4-8,15H,3H2,1-2H3/b6-4-. The summed E-state index contributed by atoms with van der Waals surface area (Å²) in [7, 11) is 0. The van der Waals surface area contributed by atoms with E-state index >= 15 is 0 Å². The molecule has 1 aromatic heterocycles. The summed E-state index contributed by atoms with van der Waals surface area (Å²) in [6.45, 7) is 4.11. The van der Waals surface area contributed by atoms with Gasteiger partial charge in [-0.3, -0.25) is 0 Å². The second-order valence-corrected chi connectivity index (χ2v) is 4.01. The van der Waals surface area contributed by atoms with Crippen molar-refractivity contribution in [1.29, 1.82) is 0 Å². The maximum Gasteiger partial charge on any atom is 0.136 e. The van der Waals surface area contributed by atoms with Crippen molar-refractivity contribution in [3.8, 4) is 0 Å². The summed E-state index contributed by atoms with van der Waals surface area (Å²) in [4.78, 5) is 0.972. The van der Waals surface area contributed by atoms with E-state index in [1.165, 1.54) is 0 Å². The molecule has 0 N–H and O–H groups in total. The molecule has 0 unspecified atom stereocenters. The van der Waals surface area contributed by atoms with Gasteiger partial charge in [-0.05, 0) is 25.5 Å². The zero-order valence-electron chi connectivity index (χ0n) is 8.95. The maximum atomic E-state index is 5.68. The minimum atomic E-state index is 0.913. The van der Waals surface area contributed by atoms with E-state index in [1.807, 2.05) is 25.1 Å². The summed E-state index contributed by atoms with van der Waals surface area (Å²) in [5.74, 6) is 0.955. The lowest BCUT2D eigenvalue weighted by Crippen LogP contribution is -1.74. The van der Waals surface area contributed by atoms with E-state index in [2.05, 4.69) is 31.7 Å². The van der Waals surface area contributed by atoms with Gasteiger partial charge >= 0.3 is 0 Å². The molecule has 1 nitrogen and oxygen atoms in total. The number of fused-ring (bicyclic) bond motifs is 1. The van der Waals surface area contributed by atoms with Gasteiger partial charge in [-0.1, -0.05) is 25.1 Å². The predicted octanol–water partition coefficient (Wildman–Crippen LogP) is 4.45. The molecular formula is C13H14OS. The number of thiol groups is 1. The molecule has 2 aromatic rings. The largest absolute Gasteiger partial charge is 0.461 e. The van der Waals surface area contributed by atoms with Gasteiger partial charge in [-0.15, -0.1) is 12.6 Å². The predicted molar refractivity (Wildman–Crippen MR) is 67.5 cm³/mol. The number of furan rings is 1. The van der Waals surface area contributed by atoms with Gasteiger partial charge in [0, 0.05) is 15.8 Å². The first kappa shape index (κ1) is 10.4. The van der Waals surface area contributed by atoms with Crippen LogP contribution >= 0.6 is 12.6 Å². The molecule has 0 atom stereocenters. The van der Waals surface area contributed by atoms with Crippen LogP contribution in [0.15, 0.2) is 33.6 Å². The molecule has 0 fully saturated rings. The number of hydrogen-bond donors (Lipinski definition) is 1. The monoisotopic (exact) mass is 218 g/mol. The van der Waals surface area contributed by atoms with Crippen molar-refractivity contribution in [3.63, 3.8) is 0 Å². The van der Waals surface area contributed by atoms with Gasteiger partial charge < -0.3 is 4.42 Å². The molecule has 2 rings (SSSR count). The molecule has 0 aliphatic heterocycles. The molecule has 0 bridgehead atoms. The molecule has 78 valence electrons. The molecule has 15 heavy (non-hydrogen) atoms. The smallest absolute Gasteiger partial charge is 0.136 e. The van der Waals surface area contributed by atoms with Crippen LogP contribution in [0, 0.1) is 6.92 Å². The first-order valence-electron chi connectivity index (χ1n) is 5.11. The first-order valence-corrected chi connectivity index (χ1v) is 5.56. The topological polar surface area (TPSA) is 13.1 Å². The summed E-state index contributed by atoms with van der Waals surface area (Å²) in [5.41, 5.74) is 2.06. The van der Waals surface area contributed by atoms with Crippen molar-refractivity contribution >= 4 is 29.7 Å². The molecule has 0 saturated heterocycles. The highest BCUT2D eigenvalue weighted by molar-refractivity contribution is 7.80. The first-order chi connectivity index (χ1) is 7.24. The van der Waals surface area contributed by atoms with Crippen LogP contribution in [0.4, 0.5) is 0 Å². The van der Waals surface area contributed by atoms with Crippen molar-refractivity contribution in [3.05, 3.63) is 35.6 Å². The van der Waals surface area contributed by atoms with Crippen LogP contribution in [-0.4, -0.2) is 0 Å². The average Bonchev–Trinajstić information content (AvgIpc) is 2.53. The zero-order chi connectivity index (χ0) is 10.8. The van der Waals surface area contributed by atoms with Crippen LogP contribution in [0.3, 0.4) is 0 Å². The summed E-state index contributed by atoms with van der Waals surface area (Å²) >= 11 is 4.46. The van der Waals surface area contributed by atoms with E-state index in [0.717, 1.165) is 33.6 Å². The van der Waals surface area contributed by atoms with E-state index in [0.29, 0.717) is 0 Å². The highest BCUT2D eigenvalue weighted by Crippen LogP contribution is 2.31. The number of allylic oxidation sites excluding steroid dienone is 1. The Morgan fingerprint density at radius 1 is 1.40 bits per heavy atom. The van der Waals surface area contributed by atoms with Crippen molar-refractivity contribution in [1.82, 2.24) is 0 Å². The minimum Gasteiger partial charge on any atom is -0.461 e. The molecule has 0 saturated carbocycles. The van der Waals surface area contributed by atoms with Crippen LogP contribution in [0.2, 0.25) is 0 Å². The van der Waals surface area contributed by atoms with E-state index in [9.17, 15) is 0 Å². The highest BCUT2D eigenvalue weighted by atomic mass is 32.1. The van der Waals surface area contributed by atoms with Crippen LogP contribution in [0.25, 0.3) is 17.0 Å². The van der Waals surface area contributed by atoms with E-state index < -0.39 is 0 Å². The molecule has 1 aromatic carbocycles. The Morgan fingerprint density at radius 2 is 2.20 bits per heavy atom. The van der Waals surface area contributed by atoms with E-state index in [-0.39, 0.29) is 0 Å². The van der Waals surface area contributed by atoms with Crippen LogP contribution in [-0.2, 0) is 0 Å². The second-order valence-electron chi connectivity index (χ2n) is 3.53. The molecule has 0 spiro atoms. The Bertz CT molecular complexity index is 508. The van der Waals surface area contributed by atoms with Gasteiger partial charge in [0.05, 0.1) is 0 Å². The maximum absolute atomic E-state index is 5.68. The third kappa shape index (κ3) is 1.82. The summed E-state index contributed by atoms with van der Waals surface area (Å²) in [6, 6.07) is 5.93. The molecule has 0 amide bonds. The minimum absolute atomic E-state index is 0.913. The Hall–Kier alpha value is -1.15. The lowest BCUT2D eigenvalue weighted by molar-refractivity contribution is 0.577. The highest BCUT2D eigenvalue weighted by Gasteiger charge is 2.09. The van der Waals surface area contributed by atoms with Crippen molar-refractivity contribution < 1.29 is 4.42 Å². The van der Waals surface area contributed by atoms with Crippen LogP contribution in [0.1, 0.15) is 24.7 Å². The molecule has 1 heterocycles. The Morgan fingerprint density at radius 3 is 2.93 bits per heavy atom.